The molecule has 1 aromatic rings. The van der Waals surface area contributed by atoms with Crippen molar-refractivity contribution in [2.75, 3.05) is 6.54 Å². The van der Waals surface area contributed by atoms with Crippen LogP contribution in [0.25, 0.3) is 0 Å². The molecule has 1 aromatic carbocycles. The van der Waals surface area contributed by atoms with Crippen molar-refractivity contribution in [1.29, 1.82) is 0 Å². The summed E-state index contributed by atoms with van der Waals surface area (Å²) in [6.45, 7) is 2.54. The molecule has 2 N–H and O–H groups in total. The molecule has 2 aliphatic heterocycles. The summed E-state index contributed by atoms with van der Waals surface area (Å²) < 4.78 is 24.7. The average Bonchev–Trinajstić information content (AvgIpc) is 2.76. The first kappa shape index (κ1) is 11.2. The highest BCUT2D eigenvalue weighted by atomic mass is 32.2. The maximum Gasteiger partial charge on any atom is 0.182 e. The Hall–Kier alpha value is -0.910. The molecule has 4 unspecified atom stereocenters. The predicted molar refractivity (Wildman–Crippen MR) is 65.2 cm³/mol. The second-order valence-corrected chi connectivity index (χ2v) is 7.20. The fraction of sp³-hybridized carbons (Fsp3) is 0.500. The molecule has 2 fully saturated rings. The van der Waals surface area contributed by atoms with Gasteiger partial charge in [0.2, 0.25) is 0 Å². The zero-order valence-corrected chi connectivity index (χ0v) is 10.5. The van der Waals surface area contributed by atoms with Gasteiger partial charge in [-0.2, -0.15) is 0 Å². The molecule has 5 heteroatoms. The van der Waals surface area contributed by atoms with Crippen molar-refractivity contribution >= 4 is 9.84 Å². The maximum atomic E-state index is 12.4. The van der Waals surface area contributed by atoms with E-state index in [0.29, 0.717) is 23.9 Å². The lowest BCUT2D eigenvalue weighted by Gasteiger charge is -2.14. The van der Waals surface area contributed by atoms with Crippen LogP contribution < -0.4 is 5.73 Å². The summed E-state index contributed by atoms with van der Waals surface area (Å²) in [5.41, 5.74) is 6.84. The van der Waals surface area contributed by atoms with Gasteiger partial charge in [0.25, 0.3) is 0 Å². The van der Waals surface area contributed by atoms with Crippen LogP contribution in [0, 0.1) is 6.92 Å². The van der Waals surface area contributed by atoms with Crippen LogP contribution in [-0.2, 0) is 9.84 Å². The van der Waals surface area contributed by atoms with E-state index in [9.17, 15) is 8.42 Å². The van der Waals surface area contributed by atoms with Crippen LogP contribution in [0.3, 0.4) is 0 Å². The summed E-state index contributed by atoms with van der Waals surface area (Å²) in [4.78, 5) is 2.49. The van der Waals surface area contributed by atoms with Crippen LogP contribution in [0.2, 0.25) is 0 Å². The van der Waals surface area contributed by atoms with E-state index in [4.69, 9.17) is 5.73 Å². The van der Waals surface area contributed by atoms with Crippen molar-refractivity contribution in [3.8, 4) is 0 Å². The summed E-state index contributed by atoms with van der Waals surface area (Å²) in [6, 6.07) is 7.37. The van der Waals surface area contributed by atoms with Gasteiger partial charge in [-0.05, 0) is 25.5 Å². The predicted octanol–water partition coefficient (Wildman–Crippen LogP) is 0.510. The SMILES string of the molecule is Cc1ccc(S(=O)(=O)C2CC3C(N)N3C2)cc1. The molecular weight excluding hydrogens is 236 g/mol. The first-order valence-corrected chi connectivity index (χ1v) is 7.36. The third-order valence-corrected chi connectivity index (χ3v) is 5.97. The minimum absolute atomic E-state index is 0.0967. The Morgan fingerprint density at radius 2 is 1.94 bits per heavy atom. The number of fused-ring (bicyclic) bond motifs is 1. The van der Waals surface area contributed by atoms with Gasteiger partial charge in [0.05, 0.1) is 16.3 Å². The Morgan fingerprint density at radius 1 is 1.29 bits per heavy atom. The standard InChI is InChI=1S/C12H16N2O2S/c1-8-2-4-9(5-3-8)17(15,16)10-6-11-12(13)14(11)7-10/h2-5,10-12H,6-7,13H2,1H3. The highest BCUT2D eigenvalue weighted by Gasteiger charge is 2.55. The van der Waals surface area contributed by atoms with Gasteiger partial charge in [0.15, 0.2) is 9.84 Å². The number of sulfone groups is 1. The molecule has 0 aromatic heterocycles. The molecule has 2 aliphatic rings. The number of nitrogens with two attached hydrogens (primary N) is 1. The van der Waals surface area contributed by atoms with Crippen LogP contribution in [0.5, 0.6) is 0 Å². The molecule has 0 radical (unpaired) electrons. The van der Waals surface area contributed by atoms with Gasteiger partial charge in [-0.15, -0.1) is 0 Å². The summed E-state index contributed by atoms with van der Waals surface area (Å²) in [7, 11) is -3.18. The van der Waals surface area contributed by atoms with E-state index in [0.717, 1.165) is 5.56 Å². The fourth-order valence-electron chi connectivity index (χ4n) is 2.61. The molecule has 2 saturated heterocycles. The highest BCUT2D eigenvalue weighted by molar-refractivity contribution is 7.92. The van der Waals surface area contributed by atoms with E-state index in [2.05, 4.69) is 4.90 Å². The Morgan fingerprint density at radius 3 is 2.47 bits per heavy atom. The number of hydrogen-bond donors (Lipinski definition) is 1. The van der Waals surface area contributed by atoms with Crippen molar-refractivity contribution in [1.82, 2.24) is 4.90 Å². The Kier molecular flexibility index (Phi) is 2.33. The zero-order valence-electron chi connectivity index (χ0n) is 9.70. The van der Waals surface area contributed by atoms with Gasteiger partial charge < -0.3 is 5.73 Å². The van der Waals surface area contributed by atoms with Gasteiger partial charge in [-0.25, -0.2) is 8.42 Å². The summed E-state index contributed by atoms with van der Waals surface area (Å²) in [5, 5.41) is -0.282. The molecule has 17 heavy (non-hydrogen) atoms. The molecule has 0 bridgehead atoms. The number of hydrogen-bond acceptors (Lipinski definition) is 4. The third-order valence-electron chi connectivity index (χ3n) is 3.82. The zero-order chi connectivity index (χ0) is 12.2. The van der Waals surface area contributed by atoms with E-state index >= 15 is 0 Å². The minimum atomic E-state index is -3.18. The normalized spacial score (nSPS) is 35.6. The number of aryl methyl sites for hydroxylation is 1. The average molecular weight is 252 g/mol. The van der Waals surface area contributed by atoms with Crippen molar-refractivity contribution < 1.29 is 8.42 Å². The van der Waals surface area contributed by atoms with Crippen LogP contribution in [-0.4, -0.2) is 37.3 Å². The molecule has 0 aliphatic carbocycles. The second kappa shape index (κ2) is 3.54. The first-order valence-electron chi connectivity index (χ1n) is 5.82. The van der Waals surface area contributed by atoms with Gasteiger partial charge in [-0.3, -0.25) is 4.90 Å². The summed E-state index contributed by atoms with van der Waals surface area (Å²) in [6.07, 6.45) is 0.775. The third kappa shape index (κ3) is 1.69. The topological polar surface area (TPSA) is 63.2 Å². The van der Waals surface area contributed by atoms with Crippen LogP contribution >= 0.6 is 0 Å². The molecule has 0 amide bonds. The first-order chi connectivity index (χ1) is 8.00. The highest BCUT2D eigenvalue weighted by Crippen LogP contribution is 2.39. The van der Waals surface area contributed by atoms with Gasteiger partial charge >= 0.3 is 0 Å². The van der Waals surface area contributed by atoms with Gasteiger partial charge in [0, 0.05) is 12.6 Å². The lowest BCUT2D eigenvalue weighted by Crippen LogP contribution is -2.29. The molecule has 4 nitrogen and oxygen atoms in total. The quantitative estimate of drug-likeness (QED) is 0.779. The van der Waals surface area contributed by atoms with Crippen molar-refractivity contribution in [3.63, 3.8) is 0 Å². The molecule has 4 atom stereocenters. The smallest absolute Gasteiger partial charge is 0.182 e. The van der Waals surface area contributed by atoms with Crippen LogP contribution in [0.4, 0.5) is 0 Å². The monoisotopic (exact) mass is 252 g/mol. The number of piperidine rings is 1. The number of nitrogens with zero attached hydrogens (tertiary/aromatic N) is 1. The molecule has 0 spiro atoms. The maximum absolute atomic E-state index is 12.4. The second-order valence-electron chi connectivity index (χ2n) is 4.97. The largest absolute Gasteiger partial charge is 0.314 e. The molecule has 3 rings (SSSR count). The Labute approximate surface area is 101 Å². The van der Waals surface area contributed by atoms with E-state index < -0.39 is 9.84 Å². The molecular formula is C12H16N2O2S. The van der Waals surface area contributed by atoms with Crippen LogP contribution in [0.1, 0.15) is 12.0 Å². The van der Waals surface area contributed by atoms with Crippen molar-refractivity contribution in [2.24, 2.45) is 5.73 Å². The van der Waals surface area contributed by atoms with E-state index in [-0.39, 0.29) is 11.4 Å². The lowest BCUT2D eigenvalue weighted by atomic mass is 10.2. The Balaban J connectivity index is 1.85. The Bertz CT molecular complexity index is 526. The van der Waals surface area contributed by atoms with E-state index in [1.165, 1.54) is 0 Å². The van der Waals surface area contributed by atoms with Crippen molar-refractivity contribution in [2.45, 2.75) is 35.7 Å². The fourth-order valence-corrected chi connectivity index (χ4v) is 4.33. The van der Waals surface area contributed by atoms with E-state index in [1.807, 2.05) is 19.1 Å². The molecule has 0 saturated carbocycles. The lowest BCUT2D eigenvalue weighted by molar-refractivity contribution is 0.522. The van der Waals surface area contributed by atoms with Gasteiger partial charge in [-0.1, -0.05) is 17.7 Å². The molecule has 2 heterocycles. The van der Waals surface area contributed by atoms with E-state index in [1.54, 1.807) is 12.1 Å². The summed E-state index contributed by atoms with van der Waals surface area (Å²) in [5.74, 6) is 0. The number of benzene rings is 1. The minimum Gasteiger partial charge on any atom is -0.314 e. The number of rotatable bonds is 2. The van der Waals surface area contributed by atoms with Crippen molar-refractivity contribution in [3.05, 3.63) is 29.8 Å². The molecule has 92 valence electrons. The summed E-state index contributed by atoms with van der Waals surface area (Å²) >= 11 is 0. The van der Waals surface area contributed by atoms with Gasteiger partial charge in [0.1, 0.15) is 0 Å². The van der Waals surface area contributed by atoms with Crippen LogP contribution in [0.15, 0.2) is 29.2 Å².